The highest BCUT2D eigenvalue weighted by atomic mass is 16.6. The Morgan fingerprint density at radius 3 is 2.00 bits per heavy atom. The molecule has 0 spiro atoms. The Kier molecular flexibility index (Phi) is 6.80. The van der Waals surface area contributed by atoms with Crippen molar-refractivity contribution in [3.05, 3.63) is 82.0 Å². The summed E-state index contributed by atoms with van der Waals surface area (Å²) in [6, 6.07) is 21.1. The molecular formula is C21H24N2O4. The lowest BCUT2D eigenvalue weighted by atomic mass is 9.87. The van der Waals surface area contributed by atoms with E-state index in [4.69, 9.17) is 9.47 Å². The molecule has 0 saturated heterocycles. The van der Waals surface area contributed by atoms with Crippen molar-refractivity contribution in [1.82, 2.24) is 5.32 Å². The second-order valence-corrected chi connectivity index (χ2v) is 6.89. The molecule has 0 fully saturated rings. The highest BCUT2D eigenvalue weighted by molar-refractivity contribution is 5.67. The summed E-state index contributed by atoms with van der Waals surface area (Å²) in [7, 11) is 0. The third-order valence-corrected chi connectivity index (χ3v) is 3.65. The van der Waals surface area contributed by atoms with Crippen LogP contribution < -0.4 is 5.32 Å². The van der Waals surface area contributed by atoms with Gasteiger partial charge in [0.1, 0.15) is 5.60 Å². The lowest BCUT2D eigenvalue weighted by molar-refractivity contribution is 0.0222. The third-order valence-electron chi connectivity index (χ3n) is 3.65. The predicted octanol–water partition coefficient (Wildman–Crippen LogP) is 4.30. The van der Waals surface area contributed by atoms with Crippen LogP contribution in [-0.2, 0) is 15.1 Å². The van der Waals surface area contributed by atoms with Gasteiger partial charge in [-0.3, -0.25) is 0 Å². The van der Waals surface area contributed by atoms with E-state index < -0.39 is 17.3 Å². The number of hydrogen-bond acceptors (Lipinski definition) is 4. The first kappa shape index (κ1) is 20.3. The zero-order valence-corrected chi connectivity index (χ0v) is 15.8. The number of ether oxygens (including phenoxy) is 2. The number of hydrogen-bond donors (Lipinski definition) is 1. The lowest BCUT2D eigenvalue weighted by Gasteiger charge is -2.26. The Bertz CT molecular complexity index is 750. The van der Waals surface area contributed by atoms with Gasteiger partial charge < -0.3 is 20.0 Å². The van der Waals surface area contributed by atoms with Crippen LogP contribution >= 0.6 is 0 Å². The van der Waals surface area contributed by atoms with E-state index in [1.54, 1.807) is 20.8 Å². The van der Waals surface area contributed by atoms with Gasteiger partial charge in [0.05, 0.1) is 6.61 Å². The van der Waals surface area contributed by atoms with Crippen LogP contribution in [0.2, 0.25) is 0 Å². The maximum atomic E-state index is 11.8. The first-order valence-electron chi connectivity index (χ1n) is 8.69. The van der Waals surface area contributed by atoms with E-state index >= 15 is 0 Å². The largest absolute Gasteiger partial charge is 0.498 e. The van der Waals surface area contributed by atoms with Crippen molar-refractivity contribution in [2.45, 2.75) is 32.0 Å². The van der Waals surface area contributed by atoms with Gasteiger partial charge in [-0.25, -0.2) is 4.79 Å². The summed E-state index contributed by atoms with van der Waals surface area (Å²) >= 11 is 0. The highest BCUT2D eigenvalue weighted by Gasteiger charge is 2.40. The van der Waals surface area contributed by atoms with E-state index in [0.717, 1.165) is 0 Å². The average Bonchev–Trinajstić information content (AvgIpc) is 2.64. The number of alkyl carbamates (subject to hydrolysis) is 1. The summed E-state index contributed by atoms with van der Waals surface area (Å²) in [6.07, 6.45) is -0.530. The summed E-state index contributed by atoms with van der Waals surface area (Å²) in [6.45, 7) is 5.71. The molecule has 0 radical (unpaired) electrons. The normalized spacial score (nSPS) is 11.2. The summed E-state index contributed by atoms with van der Waals surface area (Å²) < 4.78 is 11.2. The summed E-state index contributed by atoms with van der Waals surface area (Å²) in [5.74, 6) is 0. The minimum Gasteiger partial charge on any atom is -0.498 e. The quantitative estimate of drug-likeness (QED) is 0.609. The zero-order chi connectivity index (χ0) is 19.8. The Morgan fingerprint density at radius 2 is 1.56 bits per heavy atom. The molecule has 2 aromatic carbocycles. The fraction of sp³-hybridized carbons (Fsp3) is 0.333. The van der Waals surface area contributed by atoms with Gasteiger partial charge in [-0.05, 0) is 20.8 Å². The van der Waals surface area contributed by atoms with Gasteiger partial charge in [-0.2, -0.15) is 0 Å². The maximum absolute atomic E-state index is 11.8. The van der Waals surface area contributed by atoms with E-state index in [1.165, 1.54) is 0 Å². The van der Waals surface area contributed by atoms with Gasteiger partial charge in [0.15, 0.2) is 0 Å². The number of amides is 1. The van der Waals surface area contributed by atoms with E-state index in [-0.39, 0.29) is 13.2 Å². The Labute approximate surface area is 159 Å². The molecule has 0 aliphatic carbocycles. The fourth-order valence-electron chi connectivity index (χ4n) is 2.58. The molecule has 0 heterocycles. The number of carbonyl (C=O) groups is 1. The van der Waals surface area contributed by atoms with Crippen molar-refractivity contribution in [2.24, 2.45) is 0 Å². The van der Waals surface area contributed by atoms with Crippen molar-refractivity contribution >= 4 is 6.09 Å². The maximum Gasteiger partial charge on any atom is 0.407 e. The van der Waals surface area contributed by atoms with Gasteiger partial charge in [-0.1, -0.05) is 60.7 Å². The Hall–Kier alpha value is -3.04. The van der Waals surface area contributed by atoms with Crippen LogP contribution in [-0.4, -0.2) is 24.8 Å². The lowest BCUT2D eigenvalue weighted by Crippen LogP contribution is -2.37. The molecule has 0 unspecified atom stereocenters. The second-order valence-electron chi connectivity index (χ2n) is 6.89. The average molecular weight is 368 g/mol. The SMILES string of the molecule is CC(C)(C)OC(=O)NCCOC(C#[N+][O-])(c1ccccc1)c1ccccc1. The van der Waals surface area contributed by atoms with E-state index in [2.05, 4.69) is 16.4 Å². The first-order chi connectivity index (χ1) is 12.9. The molecule has 1 amide bonds. The van der Waals surface area contributed by atoms with Crippen molar-refractivity contribution in [1.29, 1.82) is 0 Å². The van der Waals surface area contributed by atoms with Crippen molar-refractivity contribution in [3.63, 3.8) is 0 Å². The minimum absolute atomic E-state index is 0.131. The topological polar surface area (TPSA) is 75.0 Å². The minimum atomic E-state index is -1.26. The van der Waals surface area contributed by atoms with Gasteiger partial charge in [0.25, 0.3) is 5.60 Å². The Morgan fingerprint density at radius 1 is 1.04 bits per heavy atom. The predicted molar refractivity (Wildman–Crippen MR) is 104 cm³/mol. The number of rotatable bonds is 6. The molecule has 0 aromatic heterocycles. The third kappa shape index (κ3) is 5.73. The van der Waals surface area contributed by atoms with Gasteiger partial charge in [-0.15, -0.1) is 0 Å². The first-order valence-corrected chi connectivity index (χ1v) is 8.69. The molecule has 0 aliphatic rings. The smallest absolute Gasteiger partial charge is 0.407 e. The molecule has 0 aliphatic heterocycles. The van der Waals surface area contributed by atoms with E-state index in [9.17, 15) is 10.0 Å². The molecule has 6 nitrogen and oxygen atoms in total. The molecule has 0 bridgehead atoms. The zero-order valence-electron chi connectivity index (χ0n) is 15.8. The molecule has 27 heavy (non-hydrogen) atoms. The van der Waals surface area contributed by atoms with Crippen LogP contribution in [0, 0.1) is 11.3 Å². The number of carbonyl (C=O) groups excluding carboxylic acids is 1. The van der Waals surface area contributed by atoms with Gasteiger partial charge >= 0.3 is 12.2 Å². The number of nitrogens with zero attached hydrogens (tertiary/aromatic N) is 1. The number of benzene rings is 2. The standard InChI is InChI=1S/C21H24N2O4/c1-20(2,3)27-19(24)22-14-15-26-21(16-23-25,17-10-6-4-7-11-17)18-12-8-5-9-13-18/h4-13H,14-15H2,1-3H3,(H,22,24). The fourth-order valence-corrected chi connectivity index (χ4v) is 2.58. The molecule has 0 saturated carbocycles. The molecule has 2 aromatic rings. The summed E-state index contributed by atoms with van der Waals surface area (Å²) in [5.41, 5.74) is -0.410. The molecule has 6 heteroatoms. The summed E-state index contributed by atoms with van der Waals surface area (Å²) in [5, 5.41) is 16.7. The van der Waals surface area contributed by atoms with Crippen LogP contribution in [0.25, 0.3) is 5.01 Å². The molecule has 2 rings (SSSR count). The Balaban J connectivity index is 2.18. The monoisotopic (exact) mass is 368 g/mol. The highest BCUT2D eigenvalue weighted by Crippen LogP contribution is 2.33. The molecular weight excluding hydrogens is 344 g/mol. The number of nitrogens with one attached hydrogen (secondary N) is 1. The van der Waals surface area contributed by atoms with Crippen LogP contribution in [0.5, 0.6) is 0 Å². The summed E-state index contributed by atoms with van der Waals surface area (Å²) in [4.78, 5) is 11.8. The van der Waals surface area contributed by atoms with E-state index in [0.29, 0.717) is 11.1 Å². The van der Waals surface area contributed by atoms with Crippen LogP contribution in [0.15, 0.2) is 60.7 Å². The second kappa shape index (κ2) is 9.06. The van der Waals surface area contributed by atoms with E-state index in [1.807, 2.05) is 60.7 Å². The van der Waals surface area contributed by atoms with Crippen LogP contribution in [0.3, 0.4) is 0 Å². The van der Waals surface area contributed by atoms with Crippen molar-refractivity contribution in [2.75, 3.05) is 13.2 Å². The van der Waals surface area contributed by atoms with Crippen molar-refractivity contribution in [3.8, 4) is 6.07 Å². The molecule has 1 N–H and O–H groups in total. The van der Waals surface area contributed by atoms with Crippen LogP contribution in [0.4, 0.5) is 4.79 Å². The molecule has 0 atom stereocenters. The van der Waals surface area contributed by atoms with Crippen LogP contribution in [0.1, 0.15) is 31.9 Å². The molecule has 142 valence electrons. The van der Waals surface area contributed by atoms with Gasteiger partial charge in [0.2, 0.25) is 0 Å². The van der Waals surface area contributed by atoms with Gasteiger partial charge in [0, 0.05) is 22.7 Å². The van der Waals surface area contributed by atoms with Crippen molar-refractivity contribution < 1.29 is 14.3 Å².